The van der Waals surface area contributed by atoms with Crippen molar-refractivity contribution in [2.45, 2.75) is 32.6 Å². The first kappa shape index (κ1) is 18.1. The summed E-state index contributed by atoms with van der Waals surface area (Å²) >= 11 is 1.64. The number of rotatable bonds is 5. The van der Waals surface area contributed by atoms with E-state index in [0.29, 0.717) is 12.1 Å². The molecule has 0 aliphatic heterocycles. The summed E-state index contributed by atoms with van der Waals surface area (Å²) < 4.78 is 0. The minimum Gasteiger partial charge on any atom is -0.396 e. The fourth-order valence-corrected chi connectivity index (χ4v) is 4.75. The second-order valence-corrected chi connectivity index (χ2v) is 8.66. The third-order valence-corrected chi connectivity index (χ3v) is 6.43. The van der Waals surface area contributed by atoms with Crippen molar-refractivity contribution in [2.24, 2.45) is 5.41 Å². The smallest absolute Gasteiger partial charge is 0.251 e. The number of carbonyl (C=O) groups excluding carboxylic acids is 1. The normalized spacial score (nSPS) is 15.9. The van der Waals surface area contributed by atoms with E-state index in [1.165, 1.54) is 4.88 Å². The SMILES string of the molecule is Cc1cc2c(-c3cccc(C(=O)NCC4(CO)CCCC4)c3)ncnc2s1. The zero-order valence-electron chi connectivity index (χ0n) is 15.4. The number of fused-ring (bicyclic) bond motifs is 1. The molecular formula is C21H23N3O2S. The second kappa shape index (κ2) is 7.37. The Morgan fingerprint density at radius 3 is 2.85 bits per heavy atom. The van der Waals surface area contributed by atoms with Crippen molar-refractivity contribution in [2.75, 3.05) is 13.2 Å². The Morgan fingerprint density at radius 2 is 2.07 bits per heavy atom. The van der Waals surface area contributed by atoms with E-state index < -0.39 is 0 Å². The fraction of sp³-hybridized carbons (Fsp3) is 0.381. The molecule has 1 aromatic carbocycles. The lowest BCUT2D eigenvalue weighted by molar-refractivity contribution is 0.0880. The van der Waals surface area contributed by atoms with Crippen LogP contribution in [0.3, 0.4) is 0 Å². The van der Waals surface area contributed by atoms with E-state index in [4.69, 9.17) is 0 Å². The number of aliphatic hydroxyl groups is 1. The Bertz CT molecular complexity index is 976. The number of nitrogens with one attached hydrogen (secondary N) is 1. The van der Waals surface area contributed by atoms with Crippen molar-refractivity contribution in [1.82, 2.24) is 15.3 Å². The average Bonchev–Trinajstić information content (AvgIpc) is 3.32. The summed E-state index contributed by atoms with van der Waals surface area (Å²) in [4.78, 5) is 23.6. The molecule has 1 fully saturated rings. The van der Waals surface area contributed by atoms with Gasteiger partial charge < -0.3 is 10.4 Å². The van der Waals surface area contributed by atoms with Gasteiger partial charge in [-0.05, 0) is 38.0 Å². The van der Waals surface area contributed by atoms with Crippen molar-refractivity contribution in [3.8, 4) is 11.3 Å². The number of aryl methyl sites for hydroxylation is 1. The Kier molecular flexibility index (Phi) is 4.93. The summed E-state index contributed by atoms with van der Waals surface area (Å²) in [6, 6.07) is 9.64. The molecular weight excluding hydrogens is 358 g/mol. The van der Waals surface area contributed by atoms with Gasteiger partial charge in [0.1, 0.15) is 11.2 Å². The van der Waals surface area contributed by atoms with Crippen LogP contribution in [-0.2, 0) is 0 Å². The number of aromatic nitrogens is 2. The van der Waals surface area contributed by atoms with E-state index in [2.05, 4.69) is 28.3 Å². The van der Waals surface area contributed by atoms with Gasteiger partial charge >= 0.3 is 0 Å². The Hall–Kier alpha value is -2.31. The molecule has 0 spiro atoms. The molecule has 0 saturated heterocycles. The summed E-state index contributed by atoms with van der Waals surface area (Å²) in [5.41, 5.74) is 2.21. The zero-order chi connectivity index (χ0) is 18.9. The van der Waals surface area contributed by atoms with Gasteiger partial charge in [0.2, 0.25) is 0 Å². The van der Waals surface area contributed by atoms with Gasteiger partial charge in [-0.15, -0.1) is 11.3 Å². The lowest BCUT2D eigenvalue weighted by Crippen LogP contribution is -2.38. The topological polar surface area (TPSA) is 75.1 Å². The van der Waals surface area contributed by atoms with Crippen LogP contribution in [-0.4, -0.2) is 34.1 Å². The molecule has 2 N–H and O–H groups in total. The predicted octanol–water partition coefficient (Wildman–Crippen LogP) is 3.95. The van der Waals surface area contributed by atoms with Crippen LogP contribution in [0.1, 0.15) is 40.9 Å². The van der Waals surface area contributed by atoms with Crippen molar-refractivity contribution in [1.29, 1.82) is 0 Å². The Morgan fingerprint density at radius 1 is 1.26 bits per heavy atom. The maximum absolute atomic E-state index is 12.7. The monoisotopic (exact) mass is 381 g/mol. The number of benzene rings is 1. The molecule has 0 radical (unpaired) electrons. The van der Waals surface area contributed by atoms with Gasteiger partial charge in [0, 0.05) is 33.4 Å². The number of thiophene rings is 1. The predicted molar refractivity (Wildman–Crippen MR) is 108 cm³/mol. The molecule has 4 rings (SSSR count). The van der Waals surface area contributed by atoms with E-state index in [9.17, 15) is 9.90 Å². The molecule has 2 heterocycles. The maximum atomic E-state index is 12.7. The van der Waals surface area contributed by atoms with Crippen LogP contribution < -0.4 is 5.32 Å². The number of carbonyl (C=O) groups is 1. The summed E-state index contributed by atoms with van der Waals surface area (Å²) in [6.07, 6.45) is 5.76. The fourth-order valence-electron chi connectivity index (χ4n) is 3.90. The van der Waals surface area contributed by atoms with Gasteiger partial charge in [0.05, 0.1) is 12.3 Å². The van der Waals surface area contributed by atoms with Crippen molar-refractivity contribution >= 4 is 27.5 Å². The molecule has 0 atom stereocenters. The third kappa shape index (κ3) is 3.59. The first-order valence-electron chi connectivity index (χ1n) is 9.31. The molecule has 1 amide bonds. The van der Waals surface area contributed by atoms with E-state index in [1.54, 1.807) is 17.7 Å². The van der Waals surface area contributed by atoms with Crippen molar-refractivity contribution < 1.29 is 9.90 Å². The second-order valence-electron chi connectivity index (χ2n) is 7.43. The summed E-state index contributed by atoms with van der Waals surface area (Å²) in [7, 11) is 0. The molecule has 1 saturated carbocycles. The number of hydrogen-bond donors (Lipinski definition) is 2. The molecule has 3 aromatic rings. The van der Waals surface area contributed by atoms with E-state index in [0.717, 1.165) is 47.2 Å². The number of hydrogen-bond acceptors (Lipinski definition) is 5. The van der Waals surface area contributed by atoms with Crippen molar-refractivity contribution in [3.63, 3.8) is 0 Å². The van der Waals surface area contributed by atoms with Gasteiger partial charge in [0.25, 0.3) is 5.91 Å². The molecule has 5 nitrogen and oxygen atoms in total. The molecule has 1 aliphatic carbocycles. The average molecular weight is 382 g/mol. The first-order chi connectivity index (χ1) is 13.1. The molecule has 0 bridgehead atoms. The summed E-state index contributed by atoms with van der Waals surface area (Å²) in [5.74, 6) is -0.108. The highest BCUT2D eigenvalue weighted by atomic mass is 32.1. The maximum Gasteiger partial charge on any atom is 0.251 e. The highest BCUT2D eigenvalue weighted by molar-refractivity contribution is 7.18. The molecule has 1 aliphatic rings. The molecule has 2 aromatic heterocycles. The van der Waals surface area contributed by atoms with Gasteiger partial charge in [-0.25, -0.2) is 9.97 Å². The first-order valence-corrected chi connectivity index (χ1v) is 10.1. The van der Waals surface area contributed by atoms with E-state index >= 15 is 0 Å². The van der Waals surface area contributed by atoms with Crippen LogP contribution in [0.4, 0.5) is 0 Å². The van der Waals surface area contributed by atoms with Crippen LogP contribution in [0.2, 0.25) is 0 Å². The molecule has 140 valence electrons. The lowest BCUT2D eigenvalue weighted by atomic mass is 9.87. The van der Waals surface area contributed by atoms with Crippen LogP contribution in [0, 0.1) is 12.3 Å². The number of aliphatic hydroxyl groups excluding tert-OH is 1. The van der Waals surface area contributed by atoms with E-state index in [1.807, 2.05) is 24.3 Å². The molecule has 27 heavy (non-hydrogen) atoms. The highest BCUT2D eigenvalue weighted by Crippen LogP contribution is 2.37. The highest BCUT2D eigenvalue weighted by Gasteiger charge is 2.33. The van der Waals surface area contributed by atoms with Crippen LogP contribution >= 0.6 is 11.3 Å². The third-order valence-electron chi connectivity index (χ3n) is 5.47. The van der Waals surface area contributed by atoms with Gasteiger partial charge in [-0.3, -0.25) is 4.79 Å². The number of nitrogens with zero attached hydrogens (tertiary/aromatic N) is 2. The van der Waals surface area contributed by atoms with Gasteiger partial charge in [-0.2, -0.15) is 0 Å². The Balaban J connectivity index is 1.57. The largest absolute Gasteiger partial charge is 0.396 e. The minimum absolute atomic E-state index is 0.108. The van der Waals surface area contributed by atoms with Crippen LogP contribution in [0.5, 0.6) is 0 Å². The zero-order valence-corrected chi connectivity index (χ0v) is 16.2. The van der Waals surface area contributed by atoms with Crippen molar-refractivity contribution in [3.05, 3.63) is 47.1 Å². The number of amides is 1. The molecule has 0 unspecified atom stereocenters. The minimum atomic E-state index is -0.152. The van der Waals surface area contributed by atoms with Gasteiger partial charge in [-0.1, -0.05) is 25.0 Å². The quantitative estimate of drug-likeness (QED) is 0.702. The van der Waals surface area contributed by atoms with Crippen LogP contribution in [0.25, 0.3) is 21.5 Å². The van der Waals surface area contributed by atoms with E-state index in [-0.39, 0.29) is 17.9 Å². The van der Waals surface area contributed by atoms with Crippen LogP contribution in [0.15, 0.2) is 36.7 Å². The standard InChI is InChI=1S/C21H23N3O2S/c1-14-9-17-18(23-13-24-20(17)27-14)15-5-4-6-16(10-15)19(26)22-11-21(12-25)7-2-3-8-21/h4-6,9-10,13,25H,2-3,7-8,11-12H2,1H3,(H,22,26). The summed E-state index contributed by atoms with van der Waals surface area (Å²) in [5, 5.41) is 13.8. The molecule has 6 heteroatoms. The van der Waals surface area contributed by atoms with Gasteiger partial charge in [0.15, 0.2) is 0 Å². The Labute approximate surface area is 162 Å². The lowest BCUT2D eigenvalue weighted by Gasteiger charge is -2.26. The summed E-state index contributed by atoms with van der Waals surface area (Å²) in [6.45, 7) is 2.71.